The molecule has 1 aromatic heterocycles. The van der Waals surface area contributed by atoms with Crippen molar-refractivity contribution >= 4 is 39.9 Å². The molecule has 1 aromatic rings. The number of hydrogen-bond donors (Lipinski definition) is 2. The highest BCUT2D eigenvalue weighted by molar-refractivity contribution is 14.1. The maximum absolute atomic E-state index is 5.02. The third kappa shape index (κ3) is 7.74. The van der Waals surface area contributed by atoms with Crippen molar-refractivity contribution < 1.29 is 4.74 Å². The van der Waals surface area contributed by atoms with Crippen molar-refractivity contribution in [2.24, 2.45) is 4.99 Å². The van der Waals surface area contributed by atoms with Gasteiger partial charge in [-0.15, -0.1) is 11.3 Å². The first-order chi connectivity index (χ1) is 9.26. The summed E-state index contributed by atoms with van der Waals surface area (Å²) in [5.41, 5.74) is 0. The number of thiophene rings is 1. The largest absolute Gasteiger partial charge is 0.385 e. The highest BCUT2D eigenvalue weighted by atomic mass is 127. The summed E-state index contributed by atoms with van der Waals surface area (Å²) >= 11 is 4.20. The minimum atomic E-state index is 0.760. The van der Waals surface area contributed by atoms with Crippen LogP contribution in [-0.2, 0) is 11.2 Å². The van der Waals surface area contributed by atoms with E-state index >= 15 is 0 Å². The fraction of sp³-hybridized carbons (Fsp3) is 0.615. The lowest BCUT2D eigenvalue weighted by atomic mass is 10.3. The Morgan fingerprint density at radius 3 is 2.89 bits per heavy atom. The number of guanidine groups is 1. The Hall–Kier alpha value is -0.340. The lowest BCUT2D eigenvalue weighted by Crippen LogP contribution is -2.38. The first kappa shape index (κ1) is 16.7. The molecule has 0 bridgehead atoms. The summed E-state index contributed by atoms with van der Waals surface area (Å²) in [6, 6.07) is 4.35. The molecule has 1 rings (SSSR count). The average Bonchev–Trinajstić information content (AvgIpc) is 2.80. The fourth-order valence-corrected chi connectivity index (χ4v) is 3.29. The van der Waals surface area contributed by atoms with Gasteiger partial charge in [0, 0.05) is 38.2 Å². The molecular weight excluding hydrogens is 373 g/mol. The van der Waals surface area contributed by atoms with Crippen molar-refractivity contribution in [3.05, 3.63) is 19.9 Å². The number of rotatable bonds is 8. The van der Waals surface area contributed by atoms with E-state index in [4.69, 9.17) is 4.74 Å². The summed E-state index contributed by atoms with van der Waals surface area (Å²) in [5.74, 6) is 0.893. The van der Waals surface area contributed by atoms with Crippen LogP contribution in [0.25, 0.3) is 0 Å². The zero-order valence-corrected chi connectivity index (χ0v) is 14.5. The van der Waals surface area contributed by atoms with E-state index in [0.29, 0.717) is 0 Å². The second-order valence-electron chi connectivity index (χ2n) is 3.99. The first-order valence-corrected chi connectivity index (χ1v) is 8.41. The van der Waals surface area contributed by atoms with Crippen LogP contribution in [0.5, 0.6) is 0 Å². The molecule has 0 atom stereocenters. The lowest BCUT2D eigenvalue weighted by molar-refractivity contribution is 0.197. The van der Waals surface area contributed by atoms with Gasteiger partial charge in [0.15, 0.2) is 5.96 Å². The van der Waals surface area contributed by atoms with Gasteiger partial charge in [-0.2, -0.15) is 0 Å². The third-order valence-electron chi connectivity index (χ3n) is 2.41. The Balaban J connectivity index is 2.28. The molecule has 2 N–H and O–H groups in total. The van der Waals surface area contributed by atoms with E-state index in [-0.39, 0.29) is 0 Å². The van der Waals surface area contributed by atoms with Crippen LogP contribution in [0, 0.1) is 2.88 Å². The van der Waals surface area contributed by atoms with Crippen molar-refractivity contribution in [2.45, 2.75) is 19.8 Å². The van der Waals surface area contributed by atoms with Gasteiger partial charge >= 0.3 is 0 Å². The van der Waals surface area contributed by atoms with Crippen molar-refractivity contribution in [1.82, 2.24) is 10.6 Å². The molecule has 0 aliphatic carbocycles. The maximum Gasteiger partial charge on any atom is 0.191 e. The van der Waals surface area contributed by atoms with Gasteiger partial charge in [0.2, 0.25) is 0 Å². The van der Waals surface area contributed by atoms with Gasteiger partial charge in [-0.1, -0.05) is 0 Å². The van der Waals surface area contributed by atoms with Crippen molar-refractivity contribution in [3.8, 4) is 0 Å². The van der Waals surface area contributed by atoms with Gasteiger partial charge in [0.05, 0.1) is 2.88 Å². The Morgan fingerprint density at radius 2 is 2.26 bits per heavy atom. The minimum Gasteiger partial charge on any atom is -0.385 e. The summed E-state index contributed by atoms with van der Waals surface area (Å²) < 4.78 is 6.36. The average molecular weight is 395 g/mol. The maximum atomic E-state index is 5.02. The number of nitrogens with zero attached hydrogens (tertiary/aromatic N) is 1. The van der Waals surface area contributed by atoms with E-state index in [2.05, 4.69) is 57.3 Å². The van der Waals surface area contributed by atoms with Gasteiger partial charge in [0.25, 0.3) is 0 Å². The van der Waals surface area contributed by atoms with E-state index in [1.807, 2.05) is 11.3 Å². The SMILES string of the molecule is CCNC(=NCCCOC)NCCc1ccc(I)s1. The van der Waals surface area contributed by atoms with Crippen molar-refractivity contribution in [1.29, 1.82) is 0 Å². The van der Waals surface area contributed by atoms with E-state index in [1.54, 1.807) is 7.11 Å². The smallest absolute Gasteiger partial charge is 0.191 e. The number of halogens is 1. The van der Waals surface area contributed by atoms with Crippen LogP contribution in [0.4, 0.5) is 0 Å². The summed E-state index contributed by atoms with van der Waals surface area (Å²) in [4.78, 5) is 5.91. The van der Waals surface area contributed by atoms with Crippen LogP contribution in [0.1, 0.15) is 18.2 Å². The van der Waals surface area contributed by atoms with Gasteiger partial charge in [0.1, 0.15) is 0 Å². The summed E-state index contributed by atoms with van der Waals surface area (Å²) in [6.07, 6.45) is 1.99. The standard InChI is InChI=1S/C13H22IN3OS/c1-3-15-13(16-8-4-10-18-2)17-9-7-11-5-6-12(14)19-11/h5-6H,3-4,7-10H2,1-2H3,(H2,15,16,17). The lowest BCUT2D eigenvalue weighted by Gasteiger charge is -2.10. The predicted molar refractivity (Wildman–Crippen MR) is 91.2 cm³/mol. The van der Waals surface area contributed by atoms with Crippen LogP contribution >= 0.6 is 33.9 Å². The molecule has 0 spiro atoms. The van der Waals surface area contributed by atoms with Gasteiger partial charge < -0.3 is 15.4 Å². The Bertz CT molecular complexity index is 382. The molecule has 1 heterocycles. The molecular formula is C13H22IN3OS. The monoisotopic (exact) mass is 395 g/mol. The van der Waals surface area contributed by atoms with E-state index < -0.39 is 0 Å². The quantitative estimate of drug-likeness (QED) is 0.308. The number of nitrogens with one attached hydrogen (secondary N) is 2. The molecule has 0 aliphatic heterocycles. The van der Waals surface area contributed by atoms with Crippen LogP contribution in [0.2, 0.25) is 0 Å². The van der Waals surface area contributed by atoms with E-state index in [0.717, 1.165) is 45.0 Å². The van der Waals surface area contributed by atoms with Gasteiger partial charge in [-0.05, 0) is 54.5 Å². The second-order valence-corrected chi connectivity index (χ2v) is 7.05. The topological polar surface area (TPSA) is 45.7 Å². The second kappa shape index (κ2) is 10.4. The highest BCUT2D eigenvalue weighted by Crippen LogP contribution is 2.18. The Labute approximate surface area is 133 Å². The summed E-state index contributed by atoms with van der Waals surface area (Å²) in [5, 5.41) is 6.61. The zero-order valence-electron chi connectivity index (χ0n) is 11.5. The molecule has 4 nitrogen and oxygen atoms in total. The van der Waals surface area contributed by atoms with Crippen molar-refractivity contribution in [2.75, 3.05) is 33.4 Å². The number of hydrogen-bond acceptors (Lipinski definition) is 3. The Kier molecular flexibility index (Phi) is 9.19. The number of aliphatic imine (C=N–C) groups is 1. The first-order valence-electron chi connectivity index (χ1n) is 6.51. The van der Waals surface area contributed by atoms with Crippen LogP contribution in [-0.4, -0.2) is 39.3 Å². The molecule has 0 amide bonds. The highest BCUT2D eigenvalue weighted by Gasteiger charge is 1.99. The summed E-state index contributed by atoms with van der Waals surface area (Å²) in [7, 11) is 1.72. The summed E-state index contributed by atoms with van der Waals surface area (Å²) in [6.45, 7) is 5.42. The fourth-order valence-electron chi connectivity index (χ4n) is 1.53. The Morgan fingerprint density at radius 1 is 1.42 bits per heavy atom. The molecule has 0 saturated carbocycles. The van der Waals surface area contributed by atoms with E-state index in [9.17, 15) is 0 Å². The van der Waals surface area contributed by atoms with Gasteiger partial charge in [-0.25, -0.2) is 0 Å². The third-order valence-corrected chi connectivity index (χ3v) is 4.37. The molecule has 0 aromatic carbocycles. The predicted octanol–water partition coefficient (Wildman–Crippen LogP) is 2.49. The number of ether oxygens (including phenoxy) is 1. The molecule has 19 heavy (non-hydrogen) atoms. The molecule has 6 heteroatoms. The van der Waals surface area contributed by atoms with Crippen molar-refractivity contribution in [3.63, 3.8) is 0 Å². The normalized spacial score (nSPS) is 11.6. The van der Waals surface area contributed by atoms with Crippen LogP contribution < -0.4 is 10.6 Å². The van der Waals surface area contributed by atoms with Crippen LogP contribution in [0.15, 0.2) is 17.1 Å². The van der Waals surface area contributed by atoms with Gasteiger partial charge in [-0.3, -0.25) is 4.99 Å². The molecule has 108 valence electrons. The van der Waals surface area contributed by atoms with E-state index in [1.165, 1.54) is 7.76 Å². The molecule has 0 radical (unpaired) electrons. The number of methoxy groups -OCH3 is 1. The zero-order chi connectivity index (χ0) is 13.9. The minimum absolute atomic E-state index is 0.760. The molecule has 0 saturated heterocycles. The molecule has 0 aliphatic rings. The molecule has 0 fully saturated rings. The molecule has 0 unspecified atom stereocenters. The van der Waals surface area contributed by atoms with Crippen LogP contribution in [0.3, 0.4) is 0 Å².